The standard InChI is InChI=1S/C25H26N2O3/c28-23(26-15-17-9-5-2-6-10-17)20(13-16-7-3-1-4-8-16)27-24(29)21-18-11-12-19(14-18)22(21)25(27)30/h1-10,18-22H,11-15H2,(H,26,28)/t18-,19+,20-,21+,22+/m1/s1. The van der Waals surface area contributed by atoms with Gasteiger partial charge in [0.2, 0.25) is 17.7 Å². The number of hydrogen-bond acceptors (Lipinski definition) is 3. The summed E-state index contributed by atoms with van der Waals surface area (Å²) in [4.78, 5) is 41.2. The molecule has 3 fully saturated rings. The van der Waals surface area contributed by atoms with Crippen LogP contribution in [-0.2, 0) is 27.3 Å². The van der Waals surface area contributed by atoms with Gasteiger partial charge in [-0.1, -0.05) is 60.7 Å². The Morgan fingerprint density at radius 3 is 1.97 bits per heavy atom. The van der Waals surface area contributed by atoms with Crippen LogP contribution < -0.4 is 5.32 Å². The van der Waals surface area contributed by atoms with Crippen LogP contribution in [0.4, 0.5) is 0 Å². The van der Waals surface area contributed by atoms with Crippen molar-refractivity contribution in [3.8, 4) is 0 Å². The highest BCUT2D eigenvalue weighted by Gasteiger charge is 2.62. The summed E-state index contributed by atoms with van der Waals surface area (Å²) < 4.78 is 0. The number of carbonyl (C=O) groups is 3. The molecule has 2 saturated carbocycles. The molecule has 30 heavy (non-hydrogen) atoms. The monoisotopic (exact) mass is 402 g/mol. The van der Waals surface area contributed by atoms with Crippen molar-refractivity contribution in [2.24, 2.45) is 23.7 Å². The molecule has 2 aromatic rings. The second kappa shape index (κ2) is 7.71. The largest absolute Gasteiger partial charge is 0.350 e. The van der Waals surface area contributed by atoms with Gasteiger partial charge in [0.25, 0.3) is 0 Å². The molecule has 5 rings (SSSR count). The van der Waals surface area contributed by atoms with Crippen molar-refractivity contribution in [1.82, 2.24) is 10.2 Å². The first-order chi connectivity index (χ1) is 14.6. The lowest BCUT2D eigenvalue weighted by atomic mass is 9.81. The van der Waals surface area contributed by atoms with Gasteiger partial charge in [0.15, 0.2) is 0 Å². The van der Waals surface area contributed by atoms with E-state index in [-0.39, 0.29) is 29.6 Å². The van der Waals surface area contributed by atoms with Crippen molar-refractivity contribution in [3.05, 3.63) is 71.8 Å². The maximum absolute atomic E-state index is 13.3. The van der Waals surface area contributed by atoms with E-state index in [1.54, 1.807) is 0 Å². The summed E-state index contributed by atoms with van der Waals surface area (Å²) in [6, 6.07) is 18.5. The lowest BCUT2D eigenvalue weighted by Crippen LogP contribution is -2.51. The highest BCUT2D eigenvalue weighted by Crippen LogP contribution is 2.56. The fourth-order valence-corrected chi connectivity index (χ4v) is 5.78. The molecule has 3 amide bonds. The van der Waals surface area contributed by atoms with Crippen molar-refractivity contribution >= 4 is 17.7 Å². The molecule has 2 aromatic carbocycles. The maximum Gasteiger partial charge on any atom is 0.243 e. The van der Waals surface area contributed by atoms with E-state index < -0.39 is 6.04 Å². The predicted molar refractivity (Wildman–Crippen MR) is 112 cm³/mol. The molecule has 1 heterocycles. The number of rotatable bonds is 6. The third-order valence-corrected chi connectivity index (χ3v) is 7.16. The third-order valence-electron chi connectivity index (χ3n) is 7.16. The van der Waals surface area contributed by atoms with Gasteiger partial charge in [-0.15, -0.1) is 0 Å². The molecular formula is C25H26N2O3. The Balaban J connectivity index is 1.40. The molecule has 5 nitrogen and oxygen atoms in total. The molecule has 154 valence electrons. The summed E-state index contributed by atoms with van der Waals surface area (Å²) >= 11 is 0. The van der Waals surface area contributed by atoms with E-state index >= 15 is 0 Å². The van der Waals surface area contributed by atoms with E-state index in [4.69, 9.17) is 0 Å². The highest BCUT2D eigenvalue weighted by atomic mass is 16.2. The van der Waals surface area contributed by atoms with Crippen molar-refractivity contribution in [2.45, 2.75) is 38.3 Å². The van der Waals surface area contributed by atoms with Crippen molar-refractivity contribution in [1.29, 1.82) is 0 Å². The Morgan fingerprint density at radius 1 is 0.867 bits per heavy atom. The number of carbonyl (C=O) groups excluding carboxylic acids is 3. The third kappa shape index (κ3) is 3.22. The SMILES string of the molecule is O=C(NCc1ccccc1)[C@@H](Cc1ccccc1)N1C(=O)[C@H]2[C@@H]3CC[C@@H](C3)[C@@H]2C1=O. The molecule has 1 aliphatic heterocycles. The quantitative estimate of drug-likeness (QED) is 0.756. The molecule has 0 radical (unpaired) electrons. The molecule has 3 aliphatic rings. The molecule has 1 N–H and O–H groups in total. The van der Waals surface area contributed by atoms with E-state index in [9.17, 15) is 14.4 Å². The first-order valence-corrected chi connectivity index (χ1v) is 10.9. The van der Waals surface area contributed by atoms with Crippen LogP contribution in [0.25, 0.3) is 0 Å². The Hall–Kier alpha value is -2.95. The zero-order valence-corrected chi connectivity index (χ0v) is 16.9. The topological polar surface area (TPSA) is 66.5 Å². The predicted octanol–water partition coefficient (Wildman–Crippen LogP) is 2.95. The van der Waals surface area contributed by atoms with Gasteiger partial charge in [-0.25, -0.2) is 0 Å². The Bertz CT molecular complexity index is 931. The average molecular weight is 402 g/mol. The van der Waals surface area contributed by atoms with E-state index in [0.717, 1.165) is 30.4 Å². The number of nitrogens with zero attached hydrogens (tertiary/aromatic N) is 1. The number of hydrogen-bond donors (Lipinski definition) is 1. The smallest absolute Gasteiger partial charge is 0.243 e. The number of fused-ring (bicyclic) bond motifs is 5. The number of benzene rings is 2. The molecule has 2 aliphatic carbocycles. The maximum atomic E-state index is 13.3. The fourth-order valence-electron chi connectivity index (χ4n) is 5.78. The number of amides is 3. The van der Waals surface area contributed by atoms with Crippen molar-refractivity contribution in [3.63, 3.8) is 0 Å². The first-order valence-electron chi connectivity index (χ1n) is 10.9. The highest BCUT2D eigenvalue weighted by molar-refractivity contribution is 6.09. The summed E-state index contributed by atoms with van der Waals surface area (Å²) in [5, 5.41) is 2.96. The van der Waals surface area contributed by atoms with E-state index in [1.165, 1.54) is 4.90 Å². The molecule has 1 saturated heterocycles. The van der Waals surface area contributed by atoms with Gasteiger partial charge in [0.1, 0.15) is 6.04 Å². The van der Waals surface area contributed by atoms with Gasteiger partial charge in [-0.05, 0) is 42.2 Å². The minimum Gasteiger partial charge on any atom is -0.350 e. The summed E-state index contributed by atoms with van der Waals surface area (Å²) in [5.74, 6) is -0.331. The van der Waals surface area contributed by atoms with Crippen LogP contribution in [0, 0.1) is 23.7 Å². The fraction of sp³-hybridized carbons (Fsp3) is 0.400. The minimum absolute atomic E-state index is 0.131. The van der Waals surface area contributed by atoms with E-state index in [0.29, 0.717) is 24.8 Å². The van der Waals surface area contributed by atoms with Crippen LogP contribution in [0.1, 0.15) is 30.4 Å². The summed E-state index contributed by atoms with van der Waals surface area (Å²) in [6.45, 7) is 0.374. The van der Waals surface area contributed by atoms with Gasteiger partial charge in [-0.2, -0.15) is 0 Å². The zero-order valence-electron chi connectivity index (χ0n) is 16.9. The summed E-state index contributed by atoms with van der Waals surface area (Å²) in [5.41, 5.74) is 1.93. The molecule has 0 aromatic heterocycles. The summed E-state index contributed by atoms with van der Waals surface area (Å²) in [6.07, 6.45) is 3.39. The van der Waals surface area contributed by atoms with Crippen LogP contribution in [0.3, 0.4) is 0 Å². The molecular weight excluding hydrogens is 376 g/mol. The van der Waals surface area contributed by atoms with E-state index in [1.807, 2.05) is 60.7 Å². The van der Waals surface area contributed by atoms with Crippen LogP contribution in [0.5, 0.6) is 0 Å². The van der Waals surface area contributed by atoms with Gasteiger partial charge in [0.05, 0.1) is 11.8 Å². The van der Waals surface area contributed by atoms with Crippen LogP contribution in [-0.4, -0.2) is 28.7 Å². The Labute approximate surface area is 176 Å². The Morgan fingerprint density at radius 2 is 1.40 bits per heavy atom. The van der Waals surface area contributed by atoms with Gasteiger partial charge < -0.3 is 5.32 Å². The number of likely N-dealkylation sites (tertiary alicyclic amines) is 1. The Kier molecular flexibility index (Phi) is 4.89. The number of nitrogens with one attached hydrogen (secondary N) is 1. The normalized spacial score (nSPS) is 27.9. The lowest BCUT2D eigenvalue weighted by molar-refractivity contribution is -0.148. The summed E-state index contributed by atoms with van der Waals surface area (Å²) in [7, 11) is 0. The van der Waals surface area contributed by atoms with Crippen LogP contribution >= 0.6 is 0 Å². The zero-order chi connectivity index (χ0) is 20.7. The molecule has 5 heteroatoms. The van der Waals surface area contributed by atoms with E-state index in [2.05, 4.69) is 5.32 Å². The second-order valence-corrected chi connectivity index (χ2v) is 8.84. The van der Waals surface area contributed by atoms with Crippen molar-refractivity contribution in [2.75, 3.05) is 0 Å². The second-order valence-electron chi connectivity index (χ2n) is 8.84. The van der Waals surface area contributed by atoms with Gasteiger partial charge >= 0.3 is 0 Å². The van der Waals surface area contributed by atoms with Gasteiger partial charge in [-0.3, -0.25) is 19.3 Å². The molecule has 2 bridgehead atoms. The first kappa shape index (κ1) is 19.0. The molecule has 0 unspecified atom stereocenters. The van der Waals surface area contributed by atoms with Crippen LogP contribution in [0.15, 0.2) is 60.7 Å². The average Bonchev–Trinajstić information content (AvgIpc) is 3.46. The van der Waals surface area contributed by atoms with Crippen molar-refractivity contribution < 1.29 is 14.4 Å². The molecule has 0 spiro atoms. The number of imide groups is 1. The van der Waals surface area contributed by atoms with Crippen LogP contribution in [0.2, 0.25) is 0 Å². The molecule has 5 atom stereocenters. The van der Waals surface area contributed by atoms with Gasteiger partial charge in [0, 0.05) is 13.0 Å². The lowest BCUT2D eigenvalue weighted by Gasteiger charge is -2.27. The minimum atomic E-state index is -0.805.